The third-order valence-corrected chi connectivity index (χ3v) is 11.1. The first-order valence-electron chi connectivity index (χ1n) is 16.9. The molecule has 48 heavy (non-hydrogen) atoms. The van der Waals surface area contributed by atoms with Crippen LogP contribution in [-0.4, -0.2) is 28.0 Å². The number of aromatic nitrogens is 4. The van der Waals surface area contributed by atoms with Crippen molar-refractivity contribution >= 4 is 35.3 Å². The molecular weight excluding hydrogens is 785 g/mol. The van der Waals surface area contributed by atoms with E-state index in [4.69, 9.17) is 14.4 Å². The van der Waals surface area contributed by atoms with Crippen LogP contribution in [0.4, 0.5) is 0 Å². The maximum absolute atomic E-state index is 5.99. The van der Waals surface area contributed by atoms with E-state index in [2.05, 4.69) is 94.0 Å². The van der Waals surface area contributed by atoms with Crippen LogP contribution in [0, 0.1) is 30.5 Å². The van der Waals surface area contributed by atoms with Gasteiger partial charge in [0.1, 0.15) is 0 Å². The molecule has 0 bridgehead atoms. The van der Waals surface area contributed by atoms with E-state index in [-0.39, 0.29) is 25.5 Å². The van der Waals surface area contributed by atoms with E-state index in [1.165, 1.54) is 47.6 Å². The molecule has 5 heterocycles. The third-order valence-electron chi connectivity index (χ3n) is 9.06. The summed E-state index contributed by atoms with van der Waals surface area (Å²) in [5.74, 6) is 0.819. The number of aryl methyl sites for hydroxylation is 1. The fraction of sp³-hybridized carbons (Fsp3) is 0.366. The van der Waals surface area contributed by atoms with Crippen LogP contribution in [0.15, 0.2) is 77.7 Å². The van der Waals surface area contributed by atoms with Crippen molar-refractivity contribution in [2.75, 3.05) is 0 Å². The van der Waals surface area contributed by atoms with E-state index in [1.807, 2.05) is 36.5 Å². The normalized spacial score (nSPS) is 13.7. The van der Waals surface area contributed by atoms with Gasteiger partial charge in [-0.05, 0) is 83.1 Å². The second kappa shape index (κ2) is 14.9. The molecule has 0 amide bonds. The topological polar surface area (TPSA) is 64.7 Å². The number of benzene rings is 1. The Hall–Kier alpha value is -3.51. The number of rotatable bonds is 6. The zero-order valence-corrected chi connectivity index (χ0v) is 32.7. The monoisotopic (exact) mass is 831 g/mol. The summed E-state index contributed by atoms with van der Waals surface area (Å²) in [4.78, 5) is 18.0. The SMILES string of the molecule is CC(C)(C)Cc1cc(-c2[c-]cccc2)ncc1[Si](C)(C)C.Cc1cc(-c2[c-]ncc3c2oc2ncccc23)ncc1CC1CCCC1.[Ir]. The number of hydrogen-bond acceptors (Lipinski definition) is 5. The molecule has 7 heteroatoms. The van der Waals surface area contributed by atoms with Gasteiger partial charge in [0.2, 0.25) is 5.71 Å². The Morgan fingerprint density at radius 2 is 1.65 bits per heavy atom. The van der Waals surface area contributed by atoms with E-state index in [0.29, 0.717) is 5.71 Å². The zero-order chi connectivity index (χ0) is 33.2. The molecule has 5 nitrogen and oxygen atoms in total. The minimum Gasteiger partial charge on any atom is -0.486 e. The molecule has 0 spiro atoms. The zero-order valence-electron chi connectivity index (χ0n) is 29.3. The van der Waals surface area contributed by atoms with E-state index >= 15 is 0 Å². The minimum atomic E-state index is -1.37. The van der Waals surface area contributed by atoms with Crippen molar-refractivity contribution in [2.45, 2.75) is 85.9 Å². The van der Waals surface area contributed by atoms with Crippen LogP contribution in [0.25, 0.3) is 44.6 Å². The smallest absolute Gasteiger partial charge is 0.216 e. The summed E-state index contributed by atoms with van der Waals surface area (Å²) in [7, 11) is -1.37. The summed E-state index contributed by atoms with van der Waals surface area (Å²) in [6, 6.07) is 19.7. The van der Waals surface area contributed by atoms with Crippen molar-refractivity contribution in [3.8, 4) is 22.5 Å². The average Bonchev–Trinajstić information content (AvgIpc) is 3.69. The van der Waals surface area contributed by atoms with Gasteiger partial charge in [0.05, 0.1) is 13.7 Å². The van der Waals surface area contributed by atoms with Gasteiger partial charge >= 0.3 is 0 Å². The molecule has 0 saturated heterocycles. The van der Waals surface area contributed by atoms with Crippen LogP contribution in [0.5, 0.6) is 0 Å². The summed E-state index contributed by atoms with van der Waals surface area (Å²) >= 11 is 0. The third kappa shape index (κ3) is 8.37. The Morgan fingerprint density at radius 1 is 0.875 bits per heavy atom. The maximum atomic E-state index is 5.99. The standard InChI is InChI=1S/C22H20N3O.C19H26NSi.Ir/c1-14-9-20(25-11-16(14)10-15-5-2-3-6-15)19-13-23-12-18-17-7-4-8-24-22(17)26-21(18)19;1-19(2,3)13-16-12-17(15-10-8-7-9-11-15)20-14-18(16)21(4,5)6;/h4,7-9,11-12,15H,2-3,5-6,10H2,1H3;7-10,12,14H,13H2,1-6H3;/q2*-1;. The van der Waals surface area contributed by atoms with Gasteiger partial charge in [-0.3, -0.25) is 0 Å². The molecule has 1 fully saturated rings. The van der Waals surface area contributed by atoms with E-state index in [0.717, 1.165) is 57.6 Å². The molecule has 1 saturated carbocycles. The molecule has 1 aromatic carbocycles. The molecule has 0 unspecified atom stereocenters. The first kappa shape index (κ1) is 35.8. The van der Waals surface area contributed by atoms with E-state index in [1.54, 1.807) is 12.4 Å². The fourth-order valence-electron chi connectivity index (χ4n) is 6.70. The Morgan fingerprint density at radius 3 is 2.33 bits per heavy atom. The van der Waals surface area contributed by atoms with Crippen LogP contribution in [0.1, 0.15) is 63.1 Å². The molecule has 0 aliphatic heterocycles. The number of pyridine rings is 4. The van der Waals surface area contributed by atoms with Gasteiger partial charge in [0.15, 0.2) is 0 Å². The van der Waals surface area contributed by atoms with Gasteiger partial charge in [-0.2, -0.15) is 0 Å². The fourth-order valence-corrected chi connectivity index (χ4v) is 8.28. The van der Waals surface area contributed by atoms with Crippen LogP contribution < -0.4 is 5.19 Å². The average molecular weight is 831 g/mol. The van der Waals surface area contributed by atoms with Crippen LogP contribution in [-0.2, 0) is 32.9 Å². The Labute approximate surface area is 300 Å². The molecule has 0 atom stereocenters. The second-order valence-corrected chi connectivity index (χ2v) is 20.3. The minimum absolute atomic E-state index is 0. The number of nitrogens with zero attached hydrogens (tertiary/aromatic N) is 4. The van der Waals surface area contributed by atoms with Gasteiger partial charge in [-0.25, -0.2) is 4.98 Å². The predicted molar refractivity (Wildman–Crippen MR) is 196 cm³/mol. The van der Waals surface area contributed by atoms with Gasteiger partial charge in [0, 0.05) is 44.1 Å². The van der Waals surface area contributed by atoms with Crippen molar-refractivity contribution in [1.29, 1.82) is 0 Å². The molecule has 251 valence electrons. The first-order valence-corrected chi connectivity index (χ1v) is 20.4. The molecule has 1 radical (unpaired) electrons. The molecule has 7 rings (SSSR count). The van der Waals surface area contributed by atoms with E-state index in [9.17, 15) is 0 Å². The van der Waals surface area contributed by atoms with E-state index < -0.39 is 8.07 Å². The Bertz CT molecular complexity index is 1990. The summed E-state index contributed by atoms with van der Waals surface area (Å²) in [5.41, 5.74) is 9.53. The van der Waals surface area contributed by atoms with Crippen molar-refractivity contribution in [1.82, 2.24) is 19.9 Å². The van der Waals surface area contributed by atoms with Gasteiger partial charge in [-0.1, -0.05) is 94.9 Å². The van der Waals surface area contributed by atoms with Crippen LogP contribution in [0.3, 0.4) is 0 Å². The molecule has 6 aromatic rings. The van der Waals surface area contributed by atoms with Crippen molar-refractivity contribution in [2.24, 2.45) is 11.3 Å². The second-order valence-electron chi connectivity index (χ2n) is 15.3. The number of hydrogen-bond donors (Lipinski definition) is 0. The molecule has 1 aliphatic carbocycles. The summed E-state index contributed by atoms with van der Waals surface area (Å²) in [6.45, 7) is 16.3. The summed E-state index contributed by atoms with van der Waals surface area (Å²) in [5, 5.41) is 3.41. The molecule has 0 N–H and O–H groups in total. The predicted octanol–water partition coefficient (Wildman–Crippen LogP) is 9.96. The largest absolute Gasteiger partial charge is 0.486 e. The molecule has 5 aromatic heterocycles. The van der Waals surface area contributed by atoms with Gasteiger partial charge in [0.25, 0.3) is 0 Å². The molecule has 1 aliphatic rings. The van der Waals surface area contributed by atoms with Crippen molar-refractivity contribution < 1.29 is 24.5 Å². The number of fused-ring (bicyclic) bond motifs is 3. The maximum Gasteiger partial charge on any atom is 0.216 e. The van der Waals surface area contributed by atoms with Crippen LogP contribution >= 0.6 is 0 Å². The Balaban J connectivity index is 0.000000189. The first-order chi connectivity index (χ1) is 22.5. The quantitative estimate of drug-likeness (QED) is 0.124. The number of furan rings is 1. The van der Waals surface area contributed by atoms with Crippen molar-refractivity contribution in [3.63, 3.8) is 0 Å². The summed E-state index contributed by atoms with van der Waals surface area (Å²) < 4.78 is 5.99. The Kier molecular flexibility index (Phi) is 11.1. The van der Waals surface area contributed by atoms with Gasteiger partial charge < -0.3 is 19.4 Å². The van der Waals surface area contributed by atoms with Gasteiger partial charge in [-0.15, -0.1) is 35.9 Å². The summed E-state index contributed by atoms with van der Waals surface area (Å²) in [6.07, 6.45) is 18.4. The van der Waals surface area contributed by atoms with Crippen LogP contribution in [0.2, 0.25) is 19.6 Å². The van der Waals surface area contributed by atoms with Crippen molar-refractivity contribution in [3.05, 3.63) is 102 Å². The molecular formula is C41H46IrN4OSi-2.